The fraction of sp³-hybridized carbons (Fsp3) is 0.0625. The average molecular weight is 265 g/mol. The average Bonchev–Trinajstić information content (AvgIpc) is 2.96. The zero-order chi connectivity index (χ0) is 13.9. The van der Waals surface area contributed by atoms with Crippen molar-refractivity contribution in [3.05, 3.63) is 67.8 Å². The predicted octanol–water partition coefficient (Wildman–Crippen LogP) is 2.55. The SMILES string of the molecule is CO[C]1[CH][CH][CH][C]1C(=O)Nc1cccc2cccnc12. The Labute approximate surface area is 118 Å². The molecule has 0 saturated heterocycles. The Morgan fingerprint density at radius 1 is 1.20 bits per heavy atom. The summed E-state index contributed by atoms with van der Waals surface area (Å²) in [7, 11) is 1.55. The number of para-hydroxylation sites is 1. The molecule has 1 amide bonds. The van der Waals surface area contributed by atoms with E-state index in [1.165, 1.54) is 0 Å². The summed E-state index contributed by atoms with van der Waals surface area (Å²) >= 11 is 0. The van der Waals surface area contributed by atoms with Crippen molar-refractivity contribution in [2.45, 2.75) is 0 Å². The molecule has 0 atom stereocenters. The van der Waals surface area contributed by atoms with Crippen LogP contribution in [-0.2, 0) is 9.53 Å². The number of methoxy groups -OCH3 is 1. The van der Waals surface area contributed by atoms with Gasteiger partial charge in [0.2, 0.25) is 5.91 Å². The minimum Gasteiger partial charge on any atom is -0.374 e. The zero-order valence-corrected chi connectivity index (χ0v) is 11.0. The molecule has 1 aromatic carbocycles. The van der Waals surface area contributed by atoms with Crippen LogP contribution in [0.15, 0.2) is 36.5 Å². The maximum atomic E-state index is 12.3. The molecule has 1 aromatic heterocycles. The largest absolute Gasteiger partial charge is 0.374 e. The Hall–Kier alpha value is -1.94. The number of carbonyl (C=O) groups excluding carboxylic acids is 1. The van der Waals surface area contributed by atoms with Gasteiger partial charge in [0.05, 0.1) is 11.2 Å². The third-order valence-corrected chi connectivity index (χ3v) is 3.12. The van der Waals surface area contributed by atoms with E-state index in [2.05, 4.69) is 10.3 Å². The number of hydrogen-bond donors (Lipinski definition) is 1. The van der Waals surface area contributed by atoms with E-state index in [9.17, 15) is 4.79 Å². The lowest BCUT2D eigenvalue weighted by Gasteiger charge is -2.16. The first-order valence-electron chi connectivity index (χ1n) is 6.24. The zero-order valence-electron chi connectivity index (χ0n) is 11.0. The van der Waals surface area contributed by atoms with Crippen LogP contribution in [0.2, 0.25) is 0 Å². The van der Waals surface area contributed by atoms with E-state index >= 15 is 0 Å². The van der Waals surface area contributed by atoms with E-state index in [-0.39, 0.29) is 5.91 Å². The number of ether oxygens (including phenoxy) is 1. The summed E-state index contributed by atoms with van der Waals surface area (Å²) in [6.45, 7) is 0. The third-order valence-electron chi connectivity index (χ3n) is 3.12. The van der Waals surface area contributed by atoms with Gasteiger partial charge in [-0.1, -0.05) is 18.2 Å². The topological polar surface area (TPSA) is 51.2 Å². The van der Waals surface area contributed by atoms with Crippen LogP contribution in [0.5, 0.6) is 0 Å². The van der Waals surface area contributed by atoms with Gasteiger partial charge < -0.3 is 10.1 Å². The summed E-state index contributed by atoms with van der Waals surface area (Å²) in [6.07, 6.45) is 7.55. The molecule has 2 aromatic rings. The summed E-state index contributed by atoms with van der Waals surface area (Å²) in [5.41, 5.74) is 1.46. The van der Waals surface area contributed by atoms with Crippen LogP contribution in [-0.4, -0.2) is 18.0 Å². The number of nitrogens with zero attached hydrogens (tertiary/aromatic N) is 1. The van der Waals surface area contributed by atoms with E-state index in [1.54, 1.807) is 32.6 Å². The highest BCUT2D eigenvalue weighted by molar-refractivity contribution is 6.09. The third kappa shape index (κ3) is 2.39. The summed E-state index contributed by atoms with van der Waals surface area (Å²) < 4.78 is 5.16. The van der Waals surface area contributed by atoms with E-state index in [1.807, 2.05) is 30.3 Å². The summed E-state index contributed by atoms with van der Waals surface area (Å²) in [6, 6.07) is 9.51. The maximum Gasteiger partial charge on any atom is 0.235 e. The monoisotopic (exact) mass is 265 g/mol. The van der Waals surface area contributed by atoms with Gasteiger partial charge in [0, 0.05) is 25.1 Å². The van der Waals surface area contributed by atoms with Crippen LogP contribution in [0.3, 0.4) is 0 Å². The first kappa shape index (κ1) is 13.1. The molecule has 20 heavy (non-hydrogen) atoms. The van der Waals surface area contributed by atoms with Crippen LogP contribution >= 0.6 is 0 Å². The van der Waals surface area contributed by atoms with Crippen LogP contribution < -0.4 is 5.32 Å². The molecule has 0 unspecified atom stereocenters. The van der Waals surface area contributed by atoms with E-state index in [4.69, 9.17) is 4.74 Å². The molecule has 3 rings (SSSR count). The van der Waals surface area contributed by atoms with Crippen molar-refractivity contribution in [3.63, 3.8) is 0 Å². The lowest BCUT2D eigenvalue weighted by molar-refractivity contribution is -0.114. The van der Waals surface area contributed by atoms with Gasteiger partial charge >= 0.3 is 0 Å². The molecule has 0 bridgehead atoms. The molecule has 4 heteroatoms. The fourth-order valence-electron chi connectivity index (χ4n) is 2.16. The number of aromatic nitrogens is 1. The molecule has 0 aliphatic heterocycles. The lowest BCUT2D eigenvalue weighted by Crippen LogP contribution is -2.24. The van der Waals surface area contributed by atoms with Crippen molar-refractivity contribution in [2.24, 2.45) is 0 Å². The Morgan fingerprint density at radius 2 is 2.05 bits per heavy atom. The number of amides is 1. The first-order chi connectivity index (χ1) is 9.79. The number of fused-ring (bicyclic) bond motifs is 1. The number of pyridine rings is 1. The Morgan fingerprint density at radius 3 is 2.90 bits per heavy atom. The van der Waals surface area contributed by atoms with Crippen molar-refractivity contribution in [3.8, 4) is 0 Å². The Kier molecular flexibility index (Phi) is 3.65. The normalized spacial score (nSPS) is 16.6. The molecular formula is C16H13N2O2. The van der Waals surface area contributed by atoms with Gasteiger partial charge in [-0.05, 0) is 25.0 Å². The Balaban J connectivity index is 1.84. The van der Waals surface area contributed by atoms with E-state index in [0.29, 0.717) is 17.7 Å². The lowest BCUT2D eigenvalue weighted by atomic mass is 10.0. The van der Waals surface area contributed by atoms with Gasteiger partial charge in [0.1, 0.15) is 12.0 Å². The molecule has 1 saturated carbocycles. The van der Waals surface area contributed by atoms with E-state index in [0.717, 1.165) is 10.9 Å². The summed E-state index contributed by atoms with van der Waals surface area (Å²) in [5, 5.41) is 3.87. The van der Waals surface area contributed by atoms with Crippen molar-refractivity contribution >= 4 is 22.5 Å². The summed E-state index contributed by atoms with van der Waals surface area (Å²) in [5.74, 6) is 0.311. The van der Waals surface area contributed by atoms with Gasteiger partial charge in [0.25, 0.3) is 0 Å². The molecule has 1 aliphatic carbocycles. The number of nitrogens with one attached hydrogen (secondary N) is 1. The number of hydrogen-bond acceptors (Lipinski definition) is 3. The van der Waals surface area contributed by atoms with Crippen molar-refractivity contribution in [1.82, 2.24) is 4.98 Å². The van der Waals surface area contributed by atoms with Crippen molar-refractivity contribution < 1.29 is 9.53 Å². The highest BCUT2D eigenvalue weighted by atomic mass is 16.5. The Bertz CT molecular complexity index is 621. The quantitative estimate of drug-likeness (QED) is 0.927. The molecule has 4 nitrogen and oxygen atoms in total. The van der Waals surface area contributed by atoms with Crippen LogP contribution in [0.1, 0.15) is 0 Å². The van der Waals surface area contributed by atoms with Crippen LogP contribution in [0.4, 0.5) is 5.69 Å². The molecular weight excluding hydrogens is 252 g/mol. The van der Waals surface area contributed by atoms with Gasteiger partial charge in [-0.25, -0.2) is 0 Å². The molecule has 1 aliphatic rings. The second-order valence-electron chi connectivity index (χ2n) is 4.34. The smallest absolute Gasteiger partial charge is 0.235 e. The van der Waals surface area contributed by atoms with Crippen LogP contribution in [0, 0.1) is 31.3 Å². The fourth-order valence-corrected chi connectivity index (χ4v) is 2.16. The van der Waals surface area contributed by atoms with E-state index < -0.39 is 0 Å². The van der Waals surface area contributed by atoms with Gasteiger partial charge in [-0.3, -0.25) is 9.78 Å². The molecule has 1 fully saturated rings. The highest BCUT2D eigenvalue weighted by Crippen LogP contribution is 2.34. The number of rotatable bonds is 3. The van der Waals surface area contributed by atoms with Gasteiger partial charge in [-0.2, -0.15) is 0 Å². The molecule has 1 heterocycles. The number of benzene rings is 1. The first-order valence-corrected chi connectivity index (χ1v) is 6.24. The van der Waals surface area contributed by atoms with Gasteiger partial charge in [-0.15, -0.1) is 0 Å². The minimum absolute atomic E-state index is 0.204. The predicted molar refractivity (Wildman–Crippen MR) is 76.8 cm³/mol. The minimum atomic E-state index is -0.204. The number of carbonyl (C=O) groups is 1. The molecule has 0 spiro atoms. The number of anilines is 1. The highest BCUT2D eigenvalue weighted by Gasteiger charge is 2.35. The molecule has 5 radical (unpaired) electrons. The maximum absolute atomic E-state index is 12.3. The van der Waals surface area contributed by atoms with Crippen LogP contribution in [0.25, 0.3) is 10.9 Å². The van der Waals surface area contributed by atoms with Crippen molar-refractivity contribution in [2.75, 3.05) is 12.4 Å². The van der Waals surface area contributed by atoms with Gasteiger partial charge in [0.15, 0.2) is 0 Å². The molecule has 1 N–H and O–H groups in total. The molecule has 99 valence electrons. The second-order valence-corrected chi connectivity index (χ2v) is 4.34. The summed E-state index contributed by atoms with van der Waals surface area (Å²) in [4.78, 5) is 16.6. The second kappa shape index (κ2) is 5.59. The van der Waals surface area contributed by atoms with Crippen molar-refractivity contribution in [1.29, 1.82) is 0 Å². The standard InChI is InChI=1S/C16H13N2O2/c1-20-14-9-3-7-12(14)16(19)18-13-8-2-5-11-6-4-10-17-15(11)13/h2-10H,1H3,(H,18,19).